The molecule has 2 rings (SSSR count). The van der Waals surface area contributed by atoms with Crippen LogP contribution in [0.3, 0.4) is 0 Å². The molecule has 0 aliphatic carbocycles. The van der Waals surface area contributed by atoms with Gasteiger partial charge in [0.1, 0.15) is 0 Å². The first-order valence-electron chi connectivity index (χ1n) is 7.24. The first-order chi connectivity index (χ1) is 10.1. The van der Waals surface area contributed by atoms with Gasteiger partial charge in [0, 0.05) is 12.1 Å². The summed E-state index contributed by atoms with van der Waals surface area (Å²) in [7, 11) is 1.40. The number of hydrogen-bond donors (Lipinski definition) is 0. The van der Waals surface area contributed by atoms with Gasteiger partial charge in [-0.15, -0.1) is 0 Å². The highest BCUT2D eigenvalue weighted by molar-refractivity contribution is 5.71. The van der Waals surface area contributed by atoms with Gasteiger partial charge in [-0.2, -0.15) is 0 Å². The monoisotopic (exact) mass is 293 g/mol. The van der Waals surface area contributed by atoms with Crippen LogP contribution in [0.25, 0.3) is 0 Å². The largest absolute Gasteiger partial charge is 0.468 e. The van der Waals surface area contributed by atoms with Gasteiger partial charge in [-0.3, -0.25) is 9.69 Å². The molecule has 5 heteroatoms. The average Bonchev–Trinajstić information content (AvgIpc) is 2.89. The number of hydrogen-bond acceptors (Lipinski definition) is 5. The van der Waals surface area contributed by atoms with Crippen molar-refractivity contribution in [1.29, 1.82) is 0 Å². The van der Waals surface area contributed by atoms with E-state index in [0.717, 1.165) is 12.1 Å². The van der Waals surface area contributed by atoms with Crippen molar-refractivity contribution >= 4 is 5.97 Å². The van der Waals surface area contributed by atoms with Crippen LogP contribution in [0, 0.1) is 0 Å². The van der Waals surface area contributed by atoms with Gasteiger partial charge in [0.05, 0.1) is 26.4 Å². The number of rotatable bonds is 6. The van der Waals surface area contributed by atoms with Crippen molar-refractivity contribution in [3.8, 4) is 0 Å². The Morgan fingerprint density at radius 3 is 2.76 bits per heavy atom. The third-order valence-corrected chi connectivity index (χ3v) is 3.72. The molecular formula is C16H23NO4. The van der Waals surface area contributed by atoms with Crippen LogP contribution in [-0.4, -0.2) is 50.3 Å². The van der Waals surface area contributed by atoms with E-state index in [-0.39, 0.29) is 18.6 Å². The zero-order chi connectivity index (χ0) is 15.3. The van der Waals surface area contributed by atoms with E-state index < -0.39 is 5.79 Å². The van der Waals surface area contributed by atoms with Crippen LogP contribution in [-0.2, 0) is 24.8 Å². The topological polar surface area (TPSA) is 48.0 Å². The Morgan fingerprint density at radius 1 is 1.43 bits per heavy atom. The molecule has 0 N–H and O–H groups in total. The molecule has 0 bridgehead atoms. The van der Waals surface area contributed by atoms with E-state index in [1.165, 1.54) is 7.11 Å². The summed E-state index contributed by atoms with van der Waals surface area (Å²) in [6.45, 7) is 6.14. The quantitative estimate of drug-likeness (QED) is 0.748. The Labute approximate surface area is 125 Å². The Bertz CT molecular complexity index is 465. The molecule has 2 atom stereocenters. The fourth-order valence-electron chi connectivity index (χ4n) is 2.46. The normalized spacial score (nSPS) is 25.2. The van der Waals surface area contributed by atoms with Gasteiger partial charge in [-0.05, 0) is 13.5 Å². The predicted molar refractivity (Wildman–Crippen MR) is 78.7 cm³/mol. The van der Waals surface area contributed by atoms with Crippen molar-refractivity contribution < 1.29 is 19.0 Å². The molecule has 0 radical (unpaired) electrons. The van der Waals surface area contributed by atoms with Crippen molar-refractivity contribution in [2.24, 2.45) is 0 Å². The van der Waals surface area contributed by atoms with E-state index in [1.807, 2.05) is 49.1 Å². The molecule has 0 spiro atoms. The lowest BCUT2D eigenvalue weighted by Gasteiger charge is -2.26. The molecule has 0 amide bonds. The van der Waals surface area contributed by atoms with Gasteiger partial charge in [0.2, 0.25) is 0 Å². The third kappa shape index (κ3) is 4.03. The summed E-state index contributed by atoms with van der Waals surface area (Å²) in [6.07, 6.45) is -0.0557. The van der Waals surface area contributed by atoms with E-state index in [9.17, 15) is 4.79 Å². The Morgan fingerprint density at radius 2 is 2.14 bits per heavy atom. The second-order valence-corrected chi connectivity index (χ2v) is 5.27. The molecule has 116 valence electrons. The fourth-order valence-corrected chi connectivity index (χ4v) is 2.46. The molecule has 1 aliphatic rings. The van der Waals surface area contributed by atoms with Gasteiger partial charge in [-0.1, -0.05) is 37.3 Å². The summed E-state index contributed by atoms with van der Waals surface area (Å²) < 4.78 is 16.6. The van der Waals surface area contributed by atoms with E-state index in [2.05, 4.69) is 0 Å². The number of methoxy groups -OCH3 is 1. The van der Waals surface area contributed by atoms with Crippen LogP contribution in [0.15, 0.2) is 30.3 Å². The summed E-state index contributed by atoms with van der Waals surface area (Å²) in [4.78, 5) is 13.4. The maximum absolute atomic E-state index is 11.4. The van der Waals surface area contributed by atoms with E-state index in [4.69, 9.17) is 14.2 Å². The maximum atomic E-state index is 11.4. The number of esters is 1. The molecule has 1 fully saturated rings. The lowest BCUT2D eigenvalue weighted by atomic mass is 10.1. The van der Waals surface area contributed by atoms with Crippen molar-refractivity contribution in [3.05, 3.63) is 35.9 Å². The summed E-state index contributed by atoms with van der Waals surface area (Å²) in [6, 6.07) is 9.89. The molecular weight excluding hydrogens is 270 g/mol. The number of carbonyl (C=O) groups excluding carboxylic acids is 1. The minimum Gasteiger partial charge on any atom is -0.468 e. The molecule has 1 saturated heterocycles. The lowest BCUT2D eigenvalue weighted by Crippen LogP contribution is -2.38. The van der Waals surface area contributed by atoms with Crippen LogP contribution in [0.1, 0.15) is 19.4 Å². The lowest BCUT2D eigenvalue weighted by molar-refractivity contribution is -0.164. The second-order valence-electron chi connectivity index (χ2n) is 5.27. The first kappa shape index (κ1) is 15.9. The van der Waals surface area contributed by atoms with Crippen molar-refractivity contribution in [1.82, 2.24) is 4.90 Å². The molecule has 21 heavy (non-hydrogen) atoms. The molecule has 0 aromatic heterocycles. The third-order valence-electron chi connectivity index (χ3n) is 3.72. The summed E-state index contributed by atoms with van der Waals surface area (Å²) >= 11 is 0. The standard InChI is InChI=1S/C16H23NO4/c1-4-17(11-15(18)19-3)10-14-12-20-16(2,21-14)13-8-6-5-7-9-13/h5-9,14H,4,10-12H2,1-3H3. The number of ether oxygens (including phenoxy) is 3. The van der Waals surface area contributed by atoms with Crippen LogP contribution < -0.4 is 0 Å². The van der Waals surface area contributed by atoms with E-state index >= 15 is 0 Å². The fraction of sp³-hybridized carbons (Fsp3) is 0.562. The number of likely N-dealkylation sites (N-methyl/N-ethyl adjacent to an activating group) is 1. The van der Waals surface area contributed by atoms with Crippen molar-refractivity contribution in [3.63, 3.8) is 0 Å². The second kappa shape index (κ2) is 7.02. The van der Waals surface area contributed by atoms with Crippen LogP contribution >= 0.6 is 0 Å². The molecule has 1 aromatic rings. The van der Waals surface area contributed by atoms with Crippen molar-refractivity contribution in [2.45, 2.75) is 25.7 Å². The Balaban J connectivity index is 1.94. The Kier molecular flexibility index (Phi) is 5.33. The van der Waals surface area contributed by atoms with Crippen molar-refractivity contribution in [2.75, 3.05) is 33.4 Å². The number of benzene rings is 1. The van der Waals surface area contributed by atoms with Gasteiger partial charge in [0.15, 0.2) is 5.79 Å². The average molecular weight is 293 g/mol. The summed E-state index contributed by atoms with van der Waals surface area (Å²) in [5.41, 5.74) is 1.00. The molecule has 1 aromatic carbocycles. The van der Waals surface area contributed by atoms with Gasteiger partial charge in [-0.25, -0.2) is 0 Å². The van der Waals surface area contributed by atoms with E-state index in [1.54, 1.807) is 0 Å². The zero-order valence-corrected chi connectivity index (χ0v) is 12.9. The predicted octanol–water partition coefficient (Wildman–Crippen LogP) is 1.77. The van der Waals surface area contributed by atoms with Crippen LogP contribution in [0.4, 0.5) is 0 Å². The molecule has 5 nitrogen and oxygen atoms in total. The maximum Gasteiger partial charge on any atom is 0.319 e. The zero-order valence-electron chi connectivity index (χ0n) is 12.9. The highest BCUT2D eigenvalue weighted by atomic mass is 16.7. The van der Waals surface area contributed by atoms with Crippen LogP contribution in [0.2, 0.25) is 0 Å². The van der Waals surface area contributed by atoms with Gasteiger partial charge < -0.3 is 14.2 Å². The minimum atomic E-state index is -0.712. The number of carbonyl (C=O) groups is 1. The van der Waals surface area contributed by atoms with E-state index in [0.29, 0.717) is 13.2 Å². The van der Waals surface area contributed by atoms with Gasteiger partial charge >= 0.3 is 5.97 Å². The highest BCUT2D eigenvalue weighted by Crippen LogP contribution is 2.33. The smallest absolute Gasteiger partial charge is 0.319 e. The van der Waals surface area contributed by atoms with Gasteiger partial charge in [0.25, 0.3) is 0 Å². The minimum absolute atomic E-state index is 0.0557. The Hall–Kier alpha value is -1.43. The SMILES string of the molecule is CCN(CC(=O)OC)CC1COC(C)(c2ccccc2)O1. The number of nitrogens with zero attached hydrogens (tertiary/aromatic N) is 1. The molecule has 0 saturated carbocycles. The summed E-state index contributed by atoms with van der Waals surface area (Å²) in [5, 5.41) is 0. The summed E-state index contributed by atoms with van der Waals surface area (Å²) in [5.74, 6) is -0.946. The molecule has 1 aliphatic heterocycles. The first-order valence-corrected chi connectivity index (χ1v) is 7.24. The molecule has 1 heterocycles. The van der Waals surface area contributed by atoms with Crippen LogP contribution in [0.5, 0.6) is 0 Å². The molecule has 2 unspecified atom stereocenters. The highest BCUT2D eigenvalue weighted by Gasteiger charge is 2.39.